The summed E-state index contributed by atoms with van der Waals surface area (Å²) < 4.78 is 41.4. The molecule has 0 saturated carbocycles. The number of sulfone groups is 1. The molecule has 10 nitrogen and oxygen atoms in total. The number of carbonyl (C=O) groups excluding carboxylic acids is 2. The lowest BCUT2D eigenvalue weighted by molar-refractivity contribution is -0.142. The summed E-state index contributed by atoms with van der Waals surface area (Å²) in [5, 5.41) is 9.03. The van der Waals surface area contributed by atoms with Crippen molar-refractivity contribution in [1.82, 2.24) is 9.78 Å². The van der Waals surface area contributed by atoms with E-state index < -0.39 is 28.3 Å². The topological polar surface area (TPSA) is 130 Å². The highest BCUT2D eigenvalue weighted by Crippen LogP contribution is 2.36. The lowest BCUT2D eigenvalue weighted by Gasteiger charge is -2.10. The van der Waals surface area contributed by atoms with Crippen molar-refractivity contribution in [3.05, 3.63) is 58.9 Å². The van der Waals surface area contributed by atoms with Gasteiger partial charge in [-0.2, -0.15) is 5.10 Å². The Morgan fingerprint density at radius 2 is 2.03 bits per heavy atom. The average molecular weight is 558 g/mol. The summed E-state index contributed by atoms with van der Waals surface area (Å²) in [7, 11) is -1.62. The maximum Gasteiger partial charge on any atom is 0.331 e. The molecule has 0 radical (unpaired) electrons. The number of nitrogens with one attached hydrogen (secondary N) is 1. The molecule has 0 bridgehead atoms. The van der Waals surface area contributed by atoms with Crippen molar-refractivity contribution in [2.75, 3.05) is 30.5 Å². The first-order chi connectivity index (χ1) is 18.1. The smallest absolute Gasteiger partial charge is 0.331 e. The van der Waals surface area contributed by atoms with Crippen LogP contribution in [0.25, 0.3) is 28.0 Å². The third-order valence-corrected chi connectivity index (χ3v) is 8.46. The van der Waals surface area contributed by atoms with Crippen molar-refractivity contribution >= 4 is 67.0 Å². The van der Waals surface area contributed by atoms with Gasteiger partial charge in [0, 0.05) is 28.5 Å². The highest BCUT2D eigenvalue weighted by atomic mass is 35.5. The van der Waals surface area contributed by atoms with Crippen LogP contribution in [-0.4, -0.2) is 55.3 Å². The molecule has 198 valence electrons. The van der Waals surface area contributed by atoms with Gasteiger partial charge < -0.3 is 19.2 Å². The number of nitrogens with zero attached hydrogens (tertiary/aromatic N) is 2. The normalized spacial score (nSPS) is 16.9. The number of rotatable bonds is 7. The Kier molecular flexibility index (Phi) is 6.89. The van der Waals surface area contributed by atoms with Crippen LogP contribution in [-0.2, 0) is 24.2 Å². The fraction of sp³-hybridized carbons (Fsp3) is 0.269. The van der Waals surface area contributed by atoms with Crippen LogP contribution in [0.5, 0.6) is 5.75 Å². The number of hydrogen-bond acceptors (Lipinski definition) is 8. The number of esters is 1. The molecule has 2 aromatic heterocycles. The highest BCUT2D eigenvalue weighted by Gasteiger charge is 2.31. The van der Waals surface area contributed by atoms with E-state index in [2.05, 4.69) is 10.4 Å². The standard InChI is InChI=1S/C26H24ClN3O7S/c1-15-17(26(27)30(29-15)16-9-10-38(33,34)14-16)7-8-25(32)36-13-24(31)28-20-12-22-19(11-23(20)35-2)18-5-3-4-6-21(18)37-22/h3-8,11-12,16H,9-10,13-14H2,1-2H3,(H,28,31)/b8-7+/t16-/m0/s1. The molecule has 5 rings (SSSR count). The van der Waals surface area contributed by atoms with E-state index >= 15 is 0 Å². The van der Waals surface area contributed by atoms with Crippen molar-refractivity contribution in [2.24, 2.45) is 0 Å². The molecule has 38 heavy (non-hydrogen) atoms. The largest absolute Gasteiger partial charge is 0.495 e. The summed E-state index contributed by atoms with van der Waals surface area (Å²) in [6, 6.07) is 10.7. The Balaban J connectivity index is 1.23. The van der Waals surface area contributed by atoms with Gasteiger partial charge in [0.2, 0.25) is 0 Å². The number of furan rings is 1. The molecule has 1 saturated heterocycles. The van der Waals surface area contributed by atoms with Gasteiger partial charge in [-0.3, -0.25) is 4.79 Å². The zero-order chi connectivity index (χ0) is 27.0. The fourth-order valence-corrected chi connectivity index (χ4v) is 6.54. The summed E-state index contributed by atoms with van der Waals surface area (Å²) in [6.07, 6.45) is 3.00. The van der Waals surface area contributed by atoms with Crippen LogP contribution in [0.15, 0.2) is 46.9 Å². The molecule has 1 atom stereocenters. The Morgan fingerprint density at radius 1 is 1.24 bits per heavy atom. The number of aromatic nitrogens is 2. The lowest BCUT2D eigenvalue weighted by atomic mass is 10.1. The number of amides is 1. The quantitative estimate of drug-likeness (QED) is 0.263. The average Bonchev–Trinajstić information content (AvgIpc) is 3.52. The molecule has 12 heteroatoms. The number of carbonyl (C=O) groups is 2. The highest BCUT2D eigenvalue weighted by molar-refractivity contribution is 7.91. The molecule has 2 aromatic carbocycles. The first kappa shape index (κ1) is 25.8. The second-order valence-electron chi connectivity index (χ2n) is 8.93. The molecule has 3 heterocycles. The van der Waals surface area contributed by atoms with Gasteiger partial charge in [-0.25, -0.2) is 17.9 Å². The van der Waals surface area contributed by atoms with Crippen LogP contribution >= 0.6 is 11.6 Å². The van der Waals surface area contributed by atoms with Crippen LogP contribution in [0.2, 0.25) is 5.15 Å². The number of ether oxygens (including phenoxy) is 2. The Bertz CT molecular complexity index is 1700. The van der Waals surface area contributed by atoms with Gasteiger partial charge >= 0.3 is 5.97 Å². The zero-order valence-electron chi connectivity index (χ0n) is 20.6. The van der Waals surface area contributed by atoms with Crippen LogP contribution in [0.1, 0.15) is 23.7 Å². The van der Waals surface area contributed by atoms with Crippen LogP contribution in [0, 0.1) is 6.92 Å². The number of benzene rings is 2. The molecule has 1 amide bonds. The molecule has 1 N–H and O–H groups in total. The second kappa shape index (κ2) is 10.1. The zero-order valence-corrected chi connectivity index (χ0v) is 22.1. The van der Waals surface area contributed by atoms with E-state index in [1.54, 1.807) is 19.1 Å². The number of aryl methyl sites for hydroxylation is 1. The predicted octanol–water partition coefficient (Wildman–Crippen LogP) is 4.31. The molecule has 1 aliphatic rings. The van der Waals surface area contributed by atoms with E-state index in [0.29, 0.717) is 40.3 Å². The van der Waals surface area contributed by atoms with E-state index in [0.717, 1.165) is 16.8 Å². The van der Waals surface area contributed by atoms with Crippen molar-refractivity contribution in [2.45, 2.75) is 19.4 Å². The van der Waals surface area contributed by atoms with Gasteiger partial charge in [-0.1, -0.05) is 29.8 Å². The summed E-state index contributed by atoms with van der Waals surface area (Å²) in [5.41, 5.74) is 2.67. The van der Waals surface area contributed by atoms with Crippen molar-refractivity contribution in [3.8, 4) is 5.75 Å². The van der Waals surface area contributed by atoms with Gasteiger partial charge in [-0.05, 0) is 31.6 Å². The molecule has 0 aliphatic carbocycles. The van der Waals surface area contributed by atoms with Gasteiger partial charge in [-0.15, -0.1) is 0 Å². The Morgan fingerprint density at radius 3 is 2.76 bits per heavy atom. The number of anilines is 1. The Hall–Kier alpha value is -3.83. The molecule has 1 fully saturated rings. The minimum absolute atomic E-state index is 0.0256. The maximum absolute atomic E-state index is 12.5. The minimum atomic E-state index is -3.11. The van der Waals surface area contributed by atoms with Gasteiger partial charge in [0.05, 0.1) is 36.0 Å². The fourth-order valence-electron chi connectivity index (χ4n) is 4.47. The molecule has 4 aromatic rings. The number of fused-ring (bicyclic) bond motifs is 3. The van der Waals surface area contributed by atoms with E-state index in [1.807, 2.05) is 24.3 Å². The van der Waals surface area contributed by atoms with Gasteiger partial charge in [0.1, 0.15) is 22.1 Å². The minimum Gasteiger partial charge on any atom is -0.495 e. The number of para-hydroxylation sites is 1. The SMILES string of the molecule is COc1cc2c(cc1NC(=O)COC(=O)/C=C/c1c(C)nn([C@H]3CCS(=O)(=O)C3)c1Cl)oc1ccccc12. The van der Waals surface area contributed by atoms with E-state index in [1.165, 1.54) is 17.9 Å². The molecular formula is C26H24ClN3O7S. The second-order valence-corrected chi connectivity index (χ2v) is 11.5. The maximum atomic E-state index is 12.5. The summed E-state index contributed by atoms with van der Waals surface area (Å²) in [4.78, 5) is 24.8. The van der Waals surface area contributed by atoms with E-state index in [9.17, 15) is 18.0 Å². The van der Waals surface area contributed by atoms with E-state index in [4.69, 9.17) is 25.5 Å². The first-order valence-corrected chi connectivity index (χ1v) is 13.9. The van der Waals surface area contributed by atoms with E-state index in [-0.39, 0.29) is 22.7 Å². The van der Waals surface area contributed by atoms with Gasteiger partial charge in [0.25, 0.3) is 5.91 Å². The monoisotopic (exact) mass is 557 g/mol. The lowest BCUT2D eigenvalue weighted by Crippen LogP contribution is -2.20. The third kappa shape index (κ3) is 5.11. The summed E-state index contributed by atoms with van der Waals surface area (Å²) in [6.45, 7) is 1.17. The van der Waals surface area contributed by atoms with Gasteiger partial charge in [0.15, 0.2) is 16.4 Å². The first-order valence-electron chi connectivity index (χ1n) is 11.7. The molecular weight excluding hydrogens is 534 g/mol. The van der Waals surface area contributed by atoms with Crippen molar-refractivity contribution in [3.63, 3.8) is 0 Å². The molecule has 0 spiro atoms. The number of hydrogen-bond donors (Lipinski definition) is 1. The predicted molar refractivity (Wildman–Crippen MR) is 143 cm³/mol. The van der Waals surface area contributed by atoms with Crippen LogP contribution in [0.3, 0.4) is 0 Å². The summed E-state index contributed by atoms with van der Waals surface area (Å²) >= 11 is 6.42. The summed E-state index contributed by atoms with van der Waals surface area (Å²) in [5.74, 6) is -0.829. The molecule has 1 aliphatic heterocycles. The number of methoxy groups -OCH3 is 1. The van der Waals surface area contributed by atoms with Crippen LogP contribution in [0.4, 0.5) is 5.69 Å². The number of halogens is 1. The van der Waals surface area contributed by atoms with Crippen molar-refractivity contribution < 1.29 is 31.9 Å². The van der Waals surface area contributed by atoms with Crippen LogP contribution < -0.4 is 10.1 Å². The molecule has 0 unspecified atom stereocenters. The van der Waals surface area contributed by atoms with Crippen molar-refractivity contribution in [1.29, 1.82) is 0 Å². The Labute approximate surface area is 223 Å². The third-order valence-electron chi connectivity index (χ3n) is 6.33.